The number of fused-ring (bicyclic) bond motifs is 1. The SMILES string of the molecule is C[C](=O)[Al+2].[Cl-].[Cl-].c1ccc2ccccc2c1. The van der Waals surface area contributed by atoms with Crippen LogP contribution in [0.2, 0.25) is 0 Å². The maximum Gasteiger partial charge on any atom is -0.0184 e. The van der Waals surface area contributed by atoms with Crippen molar-refractivity contribution in [2.45, 2.75) is 6.92 Å². The van der Waals surface area contributed by atoms with Gasteiger partial charge in [-0.15, -0.1) is 0 Å². The largest absolute Gasteiger partial charge is 1.00 e. The molecule has 16 heavy (non-hydrogen) atoms. The number of halogens is 2. The molecule has 0 fully saturated rings. The Bertz CT molecular complexity index is 363. The summed E-state index contributed by atoms with van der Waals surface area (Å²) < 4.78 is 0.0833. The molecule has 0 radical (unpaired) electrons. The molecule has 0 saturated heterocycles. The molecule has 0 amide bonds. The van der Waals surface area contributed by atoms with Gasteiger partial charge in [0.25, 0.3) is 0 Å². The second-order valence-corrected chi connectivity index (χ2v) is 3.77. The minimum absolute atomic E-state index is 0. The van der Waals surface area contributed by atoms with Gasteiger partial charge in [-0.2, -0.15) is 0 Å². The molecule has 0 spiro atoms. The summed E-state index contributed by atoms with van der Waals surface area (Å²) in [6.45, 7) is 1.49. The van der Waals surface area contributed by atoms with Crippen molar-refractivity contribution >= 4 is 31.7 Å². The van der Waals surface area contributed by atoms with Crippen molar-refractivity contribution in [2.24, 2.45) is 0 Å². The summed E-state index contributed by atoms with van der Waals surface area (Å²) in [6.07, 6.45) is 0. The molecule has 0 atom stereocenters. The summed E-state index contributed by atoms with van der Waals surface area (Å²) in [5, 5.41) is 2.62. The quantitative estimate of drug-likeness (QED) is 0.455. The summed E-state index contributed by atoms with van der Waals surface area (Å²) in [4.78, 5) is 9.41. The van der Waals surface area contributed by atoms with Crippen LogP contribution in [0.25, 0.3) is 10.8 Å². The predicted molar refractivity (Wildman–Crippen MR) is 60.4 cm³/mol. The van der Waals surface area contributed by atoms with Crippen molar-refractivity contribution in [1.82, 2.24) is 0 Å². The third-order valence-electron chi connectivity index (χ3n) is 1.66. The van der Waals surface area contributed by atoms with Crippen molar-refractivity contribution in [3.63, 3.8) is 0 Å². The van der Waals surface area contributed by atoms with Crippen molar-refractivity contribution in [2.75, 3.05) is 0 Å². The fraction of sp³-hybridized carbons (Fsp3) is 0.0833. The Hall–Kier alpha value is -0.518. The van der Waals surface area contributed by atoms with E-state index in [2.05, 4.69) is 48.5 Å². The Kier molecular flexibility index (Phi) is 10.8. The van der Waals surface area contributed by atoms with Gasteiger partial charge in [0.05, 0.1) is 0 Å². The summed E-state index contributed by atoms with van der Waals surface area (Å²) >= 11 is 2.02. The first kappa shape index (κ1) is 17.9. The predicted octanol–water partition coefficient (Wildman–Crippen LogP) is -3.45. The minimum atomic E-state index is 0. The summed E-state index contributed by atoms with van der Waals surface area (Å²) in [5.41, 5.74) is 0. The van der Waals surface area contributed by atoms with Gasteiger partial charge < -0.3 is 24.8 Å². The van der Waals surface area contributed by atoms with E-state index in [1.54, 1.807) is 0 Å². The second-order valence-electron chi connectivity index (χ2n) is 2.96. The van der Waals surface area contributed by atoms with Crippen LogP contribution in [-0.4, -0.2) is 20.9 Å². The molecule has 0 N–H and O–H groups in total. The number of carbonyl (C=O) groups excluding carboxylic acids is 1. The summed E-state index contributed by atoms with van der Waals surface area (Å²) in [5.74, 6) is 0. The molecule has 0 aliphatic rings. The molecule has 0 heterocycles. The fourth-order valence-electron chi connectivity index (χ4n) is 1.13. The Labute approximate surface area is 116 Å². The van der Waals surface area contributed by atoms with Gasteiger partial charge in [-0.3, -0.25) is 0 Å². The fourth-order valence-corrected chi connectivity index (χ4v) is 1.13. The van der Waals surface area contributed by atoms with E-state index in [0.717, 1.165) is 0 Å². The molecule has 2 aromatic rings. The third kappa shape index (κ3) is 6.87. The van der Waals surface area contributed by atoms with E-state index in [0.29, 0.717) is 0 Å². The minimum Gasteiger partial charge on any atom is -1.00 e. The molecular weight excluding hydrogens is 258 g/mol. The Morgan fingerprint density at radius 2 is 1.06 bits per heavy atom. The number of rotatable bonds is 0. The van der Waals surface area contributed by atoms with Crippen LogP contribution >= 0.6 is 0 Å². The first-order valence-electron chi connectivity index (χ1n) is 4.40. The van der Waals surface area contributed by atoms with Crippen LogP contribution in [-0.2, 0) is 4.79 Å². The molecule has 0 aliphatic heterocycles. The van der Waals surface area contributed by atoms with Gasteiger partial charge in [0, 0.05) is 0 Å². The van der Waals surface area contributed by atoms with E-state index in [-0.39, 0.29) is 29.5 Å². The number of benzene rings is 2. The van der Waals surface area contributed by atoms with E-state index in [9.17, 15) is 4.79 Å². The van der Waals surface area contributed by atoms with Crippen LogP contribution in [0, 0.1) is 0 Å². The van der Waals surface area contributed by atoms with E-state index >= 15 is 0 Å². The van der Waals surface area contributed by atoms with Crippen molar-refractivity contribution in [1.29, 1.82) is 0 Å². The zero-order valence-electron chi connectivity index (χ0n) is 8.86. The molecule has 0 unspecified atom stereocenters. The number of hydrogen-bond donors (Lipinski definition) is 0. The number of carbonyl (C=O) groups is 1. The smallest absolute Gasteiger partial charge is 0.0184 e. The van der Waals surface area contributed by atoms with Gasteiger partial charge >= 0.3 is 32.7 Å². The third-order valence-corrected chi connectivity index (χ3v) is 1.66. The molecule has 4 heteroatoms. The zero-order valence-corrected chi connectivity index (χ0v) is 11.5. The average molecular weight is 269 g/mol. The van der Waals surface area contributed by atoms with Gasteiger partial charge in [-0.1, -0.05) is 48.5 Å². The summed E-state index contributed by atoms with van der Waals surface area (Å²) in [6, 6.07) is 16.7. The molecule has 2 aromatic carbocycles. The van der Waals surface area contributed by atoms with E-state index in [1.165, 1.54) is 17.7 Å². The van der Waals surface area contributed by atoms with E-state index in [1.807, 2.05) is 16.3 Å². The molecule has 0 saturated carbocycles. The molecule has 0 aromatic heterocycles. The maximum atomic E-state index is 9.41. The second kappa shape index (κ2) is 9.69. The van der Waals surface area contributed by atoms with Crippen LogP contribution in [0.1, 0.15) is 6.92 Å². The zero-order chi connectivity index (χ0) is 10.4. The van der Waals surface area contributed by atoms with Gasteiger partial charge in [-0.05, 0) is 10.8 Å². The normalized spacial score (nSPS) is 7.94. The molecular formula is C12H11AlCl2O. The van der Waals surface area contributed by atoms with Crippen LogP contribution in [0.4, 0.5) is 0 Å². The van der Waals surface area contributed by atoms with Gasteiger partial charge in [0.1, 0.15) is 0 Å². The monoisotopic (exact) mass is 268 g/mol. The molecule has 1 nitrogen and oxygen atoms in total. The molecule has 82 valence electrons. The first-order chi connectivity index (χ1) is 6.70. The molecule has 2 rings (SSSR count). The van der Waals surface area contributed by atoms with Gasteiger partial charge in [0.15, 0.2) is 0 Å². The van der Waals surface area contributed by atoms with Crippen molar-refractivity contribution in [3.05, 3.63) is 48.5 Å². The molecule has 0 bridgehead atoms. The van der Waals surface area contributed by atoms with Crippen molar-refractivity contribution < 1.29 is 29.6 Å². The van der Waals surface area contributed by atoms with E-state index < -0.39 is 0 Å². The maximum absolute atomic E-state index is 9.41. The van der Waals surface area contributed by atoms with Crippen LogP contribution < -0.4 is 24.8 Å². The molecule has 0 aliphatic carbocycles. The Morgan fingerprint density at radius 3 is 1.25 bits per heavy atom. The first-order valence-corrected chi connectivity index (χ1v) is 4.97. The Morgan fingerprint density at radius 1 is 0.875 bits per heavy atom. The topological polar surface area (TPSA) is 17.1 Å². The number of hydrogen-bond acceptors (Lipinski definition) is 1. The van der Waals surface area contributed by atoms with Crippen LogP contribution in [0.5, 0.6) is 0 Å². The van der Waals surface area contributed by atoms with Crippen molar-refractivity contribution in [3.8, 4) is 0 Å². The van der Waals surface area contributed by atoms with Gasteiger partial charge in [0.2, 0.25) is 0 Å². The Balaban J connectivity index is 0. The standard InChI is InChI=1S/C10H8.C2H3O.Al.2ClH/c1-2-6-10-8-4-3-7-9(10)5-1;1-2-3;;;/h1-8H;1H3;;2*1H/q;;+2;;/p-2. The average Bonchev–Trinajstić information content (AvgIpc) is 2.17. The van der Waals surface area contributed by atoms with E-state index in [4.69, 9.17) is 0 Å². The van der Waals surface area contributed by atoms with Gasteiger partial charge in [-0.25, -0.2) is 0 Å². The summed E-state index contributed by atoms with van der Waals surface area (Å²) in [7, 11) is 0. The van der Waals surface area contributed by atoms with Crippen LogP contribution in [0.3, 0.4) is 0 Å². The van der Waals surface area contributed by atoms with Crippen LogP contribution in [0.15, 0.2) is 48.5 Å².